The number of amides is 2. The molecule has 4 aromatic rings. The summed E-state index contributed by atoms with van der Waals surface area (Å²) < 4.78 is 5.52. The number of anilines is 4. The van der Waals surface area contributed by atoms with Gasteiger partial charge in [0.1, 0.15) is 17.2 Å². The zero-order chi connectivity index (χ0) is 48.6. The van der Waals surface area contributed by atoms with E-state index in [9.17, 15) is 14.9 Å². The number of carbonyl (C=O) groups excluding carboxylic acids is 2. The van der Waals surface area contributed by atoms with Crippen molar-refractivity contribution in [2.45, 2.75) is 127 Å². The van der Waals surface area contributed by atoms with E-state index in [2.05, 4.69) is 78.4 Å². The van der Waals surface area contributed by atoms with Crippen LogP contribution >= 0.6 is 0 Å². The summed E-state index contributed by atoms with van der Waals surface area (Å²) in [5.74, 6) is 3.17. The average molecular weight is 932 g/mol. The van der Waals surface area contributed by atoms with Gasteiger partial charge in [0, 0.05) is 85.7 Å². The Bertz CT molecular complexity index is 2360. The first-order valence-electron chi connectivity index (χ1n) is 22.9. The molecule has 2 amide bonds. The minimum absolute atomic E-state index is 0. The van der Waals surface area contributed by atoms with Crippen molar-refractivity contribution in [1.29, 1.82) is 5.26 Å². The fraction of sp³-hybridized carbons (Fsp3) is 0.580. The Morgan fingerprint density at radius 1 is 0.794 bits per heavy atom. The van der Waals surface area contributed by atoms with E-state index < -0.39 is 11.5 Å². The molecule has 0 aliphatic carbocycles. The number of aryl methyl sites for hydroxylation is 2. The largest absolute Gasteiger partial charge is 0.444 e. The van der Waals surface area contributed by atoms with E-state index in [1.54, 1.807) is 11.0 Å². The van der Waals surface area contributed by atoms with Gasteiger partial charge in [-0.2, -0.15) is 35.2 Å². The second-order valence-electron chi connectivity index (χ2n) is 21.1. The minimum Gasteiger partial charge on any atom is -0.444 e. The van der Waals surface area contributed by atoms with Crippen LogP contribution in [0.15, 0.2) is 36.4 Å². The highest BCUT2D eigenvalue weighted by atomic mass is 16.6. The fourth-order valence-corrected chi connectivity index (χ4v) is 7.81. The summed E-state index contributed by atoms with van der Waals surface area (Å²) in [5.41, 5.74) is 10.3. The number of hydrogen-bond donors (Lipinski definition) is 4. The molecule has 0 spiro atoms. The lowest BCUT2D eigenvalue weighted by Crippen LogP contribution is -2.37. The van der Waals surface area contributed by atoms with Gasteiger partial charge in [-0.15, -0.1) is 0 Å². The van der Waals surface area contributed by atoms with Gasteiger partial charge in [0.15, 0.2) is 0 Å². The number of aromatic nitrogens is 6. The normalized spacial score (nSPS) is 15.7. The topological polar surface area (TPSA) is 216 Å². The van der Waals surface area contributed by atoms with E-state index in [-0.39, 0.29) is 38.8 Å². The van der Waals surface area contributed by atoms with Crippen LogP contribution in [0.25, 0.3) is 0 Å². The molecule has 0 bridgehead atoms. The molecule has 2 aliphatic rings. The maximum atomic E-state index is 12.5. The number of nitrogens with zero attached hydrogens (tertiary/aromatic N) is 10. The third-order valence-corrected chi connectivity index (χ3v) is 10.8. The van der Waals surface area contributed by atoms with Gasteiger partial charge >= 0.3 is 6.09 Å². The van der Waals surface area contributed by atoms with Crippen molar-refractivity contribution in [3.8, 4) is 6.07 Å². The van der Waals surface area contributed by atoms with E-state index in [4.69, 9.17) is 30.4 Å². The first kappa shape index (κ1) is 56.2. The molecule has 367 valence electrons. The number of benzene rings is 2. The number of carbonyl (C=O) groups is 2. The van der Waals surface area contributed by atoms with E-state index in [1.807, 2.05) is 83.9 Å². The lowest BCUT2D eigenvalue weighted by molar-refractivity contribution is 0.0293. The molecular weight excluding hydrogens is 855 g/mol. The third kappa shape index (κ3) is 17.5. The summed E-state index contributed by atoms with van der Waals surface area (Å²) >= 11 is 0. The van der Waals surface area contributed by atoms with Crippen molar-refractivity contribution >= 4 is 44.2 Å². The standard InChI is InChI=1S/C27H39N7O2.C22H33N7O.CH4.B/c1-18-9-10-19(15-28)13-20(18)14-22-30-23(32-24(31-22)33(8)17-26(2,3)4)29-21-11-12-34(16-21)25(35)36-27(5,6)7;1-14-6-7-15(19(23)30)10-16(14)11-18-26-20(25-17-8-9-24-12-17)28-21(27-18)29(5)13-22(2,3)4;;/h9-10,13,21H,11-12,14,16-17H2,1-8H3,(H,29,30,31,32);6-7,10,17,24H,8-9,11-13H2,1-5H3,(H2,23,30)(H,25,26,27,28);1H4;/t21-;17-;;/m11../s1. The second-order valence-corrected chi connectivity index (χ2v) is 21.1. The van der Waals surface area contributed by atoms with Crippen molar-refractivity contribution in [3.63, 3.8) is 0 Å². The number of ether oxygens (including phenoxy) is 1. The van der Waals surface area contributed by atoms with Crippen LogP contribution in [-0.2, 0) is 17.6 Å². The van der Waals surface area contributed by atoms with Gasteiger partial charge in [-0.25, -0.2) is 4.79 Å². The number of nitrogens with two attached hydrogens (primary N) is 1. The zero-order valence-corrected chi connectivity index (χ0v) is 42.0. The van der Waals surface area contributed by atoms with E-state index >= 15 is 0 Å². The molecule has 68 heavy (non-hydrogen) atoms. The van der Waals surface area contributed by atoms with Crippen LogP contribution in [-0.4, -0.2) is 126 Å². The van der Waals surface area contributed by atoms with Crippen LogP contribution in [0, 0.1) is 36.0 Å². The molecule has 2 saturated heterocycles. The van der Waals surface area contributed by atoms with E-state index in [1.165, 1.54) is 0 Å². The monoisotopic (exact) mass is 932 g/mol. The van der Waals surface area contributed by atoms with Crippen LogP contribution in [0.1, 0.15) is 132 Å². The molecule has 6 rings (SSSR count). The molecule has 2 aromatic heterocycles. The van der Waals surface area contributed by atoms with Gasteiger partial charge in [0.2, 0.25) is 29.7 Å². The Balaban J connectivity index is 0.000000355. The average Bonchev–Trinajstić information content (AvgIpc) is 3.90. The lowest BCUT2D eigenvalue weighted by atomic mass is 9.96. The van der Waals surface area contributed by atoms with Crippen LogP contribution in [0.4, 0.5) is 28.6 Å². The third-order valence-electron chi connectivity index (χ3n) is 10.8. The Morgan fingerprint density at radius 3 is 1.78 bits per heavy atom. The van der Waals surface area contributed by atoms with Crippen LogP contribution in [0.3, 0.4) is 0 Å². The number of primary amides is 1. The van der Waals surface area contributed by atoms with Crippen molar-refractivity contribution in [2.24, 2.45) is 16.6 Å². The summed E-state index contributed by atoms with van der Waals surface area (Å²) in [6.45, 7) is 27.3. The second kappa shape index (κ2) is 23.8. The molecule has 0 saturated carbocycles. The van der Waals surface area contributed by atoms with Crippen LogP contribution in [0.2, 0.25) is 0 Å². The van der Waals surface area contributed by atoms with E-state index in [0.717, 1.165) is 61.3 Å². The molecule has 2 atom stereocenters. The minimum atomic E-state index is -0.529. The summed E-state index contributed by atoms with van der Waals surface area (Å²) in [6, 6.07) is 13.7. The molecule has 2 fully saturated rings. The Hall–Kier alpha value is -6.09. The van der Waals surface area contributed by atoms with Crippen molar-refractivity contribution in [1.82, 2.24) is 40.1 Å². The summed E-state index contributed by atoms with van der Waals surface area (Å²) in [4.78, 5) is 58.2. The molecule has 17 nitrogen and oxygen atoms in total. The molecule has 2 aromatic carbocycles. The highest BCUT2D eigenvalue weighted by molar-refractivity contribution is 5.93. The molecule has 18 heteroatoms. The maximum Gasteiger partial charge on any atom is 0.410 e. The molecular formula is C50H76BN14O3. The highest BCUT2D eigenvalue weighted by Crippen LogP contribution is 2.24. The SMILES string of the molecule is C.Cc1ccc(C#N)cc1Cc1nc(N[C@@H]2CCN(C(=O)OC(C)(C)C)C2)nc(N(C)CC(C)(C)C)n1.Cc1ccc(C(N)=O)cc1Cc1nc(N[C@@H]2CCNC2)nc(N(C)CC(C)(C)C)n1.[B]. The molecule has 0 unspecified atom stereocenters. The van der Waals surface area contributed by atoms with Gasteiger partial charge in [0.05, 0.1) is 11.6 Å². The number of rotatable bonds is 13. The van der Waals surface area contributed by atoms with Crippen LogP contribution in [0.5, 0.6) is 0 Å². The Kier molecular flexibility index (Phi) is 19.7. The first-order chi connectivity index (χ1) is 30.8. The van der Waals surface area contributed by atoms with Gasteiger partial charge in [-0.1, -0.05) is 61.1 Å². The molecule has 4 heterocycles. The highest BCUT2D eigenvalue weighted by Gasteiger charge is 2.31. The molecule has 2 aliphatic heterocycles. The maximum absolute atomic E-state index is 12.5. The number of likely N-dealkylation sites (tertiary alicyclic amines) is 1. The summed E-state index contributed by atoms with van der Waals surface area (Å²) in [6.07, 6.45) is 2.50. The van der Waals surface area contributed by atoms with Gasteiger partial charge in [0.25, 0.3) is 0 Å². The van der Waals surface area contributed by atoms with Gasteiger partial charge in [-0.05, 0) is 111 Å². The fourth-order valence-electron chi connectivity index (χ4n) is 7.81. The molecule has 3 radical (unpaired) electrons. The number of nitriles is 1. The summed E-state index contributed by atoms with van der Waals surface area (Å²) in [5, 5.41) is 19.5. The van der Waals surface area contributed by atoms with Crippen molar-refractivity contribution in [3.05, 3.63) is 81.4 Å². The zero-order valence-electron chi connectivity index (χ0n) is 42.0. The molecule has 5 N–H and O–H groups in total. The van der Waals surface area contributed by atoms with Crippen molar-refractivity contribution in [2.75, 3.05) is 73.8 Å². The predicted molar refractivity (Wildman–Crippen MR) is 274 cm³/mol. The van der Waals surface area contributed by atoms with Crippen LogP contribution < -0.4 is 31.5 Å². The number of nitrogens with one attached hydrogen (secondary N) is 3. The smallest absolute Gasteiger partial charge is 0.410 e. The van der Waals surface area contributed by atoms with Gasteiger partial charge in [-0.3, -0.25) is 4.79 Å². The van der Waals surface area contributed by atoms with Crippen molar-refractivity contribution < 1.29 is 14.3 Å². The summed E-state index contributed by atoms with van der Waals surface area (Å²) in [7, 11) is 3.99. The predicted octanol–water partition coefficient (Wildman–Crippen LogP) is 6.93. The number of hydrogen-bond acceptors (Lipinski definition) is 15. The Labute approximate surface area is 407 Å². The van der Waals surface area contributed by atoms with E-state index in [0.29, 0.717) is 78.5 Å². The quantitative estimate of drug-likeness (QED) is 0.100. The lowest BCUT2D eigenvalue weighted by Gasteiger charge is -2.27. The first-order valence-corrected chi connectivity index (χ1v) is 22.9. The van der Waals surface area contributed by atoms with Gasteiger partial charge < -0.3 is 41.1 Å². The Morgan fingerprint density at radius 2 is 1.31 bits per heavy atom.